The Labute approximate surface area is 97.6 Å². The van der Waals surface area contributed by atoms with Crippen LogP contribution in [-0.4, -0.2) is 60.0 Å². The molecule has 0 aromatic rings. The zero-order valence-corrected chi connectivity index (χ0v) is 6.93. The first-order valence-corrected chi connectivity index (χ1v) is 3.55. The van der Waals surface area contributed by atoms with Crippen molar-refractivity contribution in [3.8, 4) is 0 Å². The third kappa shape index (κ3) is 5.92. The van der Waals surface area contributed by atoms with E-state index in [0.717, 1.165) is 13.1 Å². The second kappa shape index (κ2) is 7.61. The first-order chi connectivity index (χ1) is 3.72. The van der Waals surface area contributed by atoms with E-state index >= 15 is 0 Å². The average Bonchev–Trinajstić information content (AvgIpc) is 1.69. The molecule has 52 valence electrons. The number of thiol groups is 1. The Bertz CT molecular complexity index is 83.0. The first-order valence-electron chi connectivity index (χ1n) is 2.70. The molecule has 0 radical (unpaired) electrons. The van der Waals surface area contributed by atoms with Gasteiger partial charge < -0.3 is 4.90 Å². The van der Waals surface area contributed by atoms with Crippen LogP contribution in [0.3, 0.4) is 0 Å². The monoisotopic (exact) mass is 191 g/mol. The molecular formula is C5H13CaNS2. The van der Waals surface area contributed by atoms with Crippen molar-refractivity contribution >= 4 is 66.9 Å². The van der Waals surface area contributed by atoms with Crippen LogP contribution in [0.2, 0.25) is 0 Å². The Hall–Kier alpha value is 1.50. The van der Waals surface area contributed by atoms with Crippen molar-refractivity contribution in [2.45, 2.75) is 13.8 Å². The van der Waals surface area contributed by atoms with Crippen molar-refractivity contribution in [1.82, 2.24) is 4.90 Å². The Kier molecular flexibility index (Phi) is 11.1. The fraction of sp³-hybridized carbons (Fsp3) is 0.800. The van der Waals surface area contributed by atoms with Crippen LogP contribution in [-0.2, 0) is 0 Å². The second-order valence-corrected chi connectivity index (χ2v) is 2.57. The van der Waals surface area contributed by atoms with Gasteiger partial charge in [-0.15, -0.1) is 12.6 Å². The standard InChI is InChI=1S/C5H11NS2.Ca.2H/c1-3-6(4-2)5(7)8;;;/h3-4H2,1-2H3,(H,7,8);;;. The summed E-state index contributed by atoms with van der Waals surface area (Å²) >= 11 is 8.82. The van der Waals surface area contributed by atoms with Crippen LogP contribution in [0.1, 0.15) is 13.8 Å². The van der Waals surface area contributed by atoms with Crippen LogP contribution in [0.4, 0.5) is 0 Å². The summed E-state index contributed by atoms with van der Waals surface area (Å²) in [6.07, 6.45) is 0. The second-order valence-electron chi connectivity index (χ2n) is 1.45. The molecule has 0 fully saturated rings. The molecule has 0 saturated heterocycles. The van der Waals surface area contributed by atoms with E-state index in [9.17, 15) is 0 Å². The first kappa shape index (κ1) is 13.1. The zero-order valence-electron chi connectivity index (χ0n) is 5.22. The van der Waals surface area contributed by atoms with Gasteiger partial charge in [0.1, 0.15) is 4.32 Å². The van der Waals surface area contributed by atoms with Crippen LogP contribution in [0.5, 0.6) is 0 Å². The molecule has 1 nitrogen and oxygen atoms in total. The summed E-state index contributed by atoms with van der Waals surface area (Å²) < 4.78 is 0.690. The third-order valence-corrected chi connectivity index (χ3v) is 1.58. The topological polar surface area (TPSA) is 3.24 Å². The summed E-state index contributed by atoms with van der Waals surface area (Å²) in [5.41, 5.74) is 0. The van der Waals surface area contributed by atoms with Gasteiger partial charge in [-0.3, -0.25) is 0 Å². The average molecular weight is 191 g/mol. The van der Waals surface area contributed by atoms with E-state index in [4.69, 9.17) is 12.2 Å². The summed E-state index contributed by atoms with van der Waals surface area (Å²) in [7, 11) is 0. The van der Waals surface area contributed by atoms with Gasteiger partial charge in [-0.05, 0) is 13.8 Å². The van der Waals surface area contributed by atoms with Crippen molar-refractivity contribution < 1.29 is 0 Å². The van der Waals surface area contributed by atoms with E-state index in [1.165, 1.54) is 0 Å². The van der Waals surface area contributed by atoms with E-state index in [-0.39, 0.29) is 37.7 Å². The maximum absolute atomic E-state index is 4.81. The molecule has 0 heterocycles. The SMILES string of the molecule is CCN(CC)C(=S)S.[CaH2]. The molecule has 0 unspecified atom stereocenters. The molecular weight excluding hydrogens is 178 g/mol. The van der Waals surface area contributed by atoms with Gasteiger partial charge in [0.2, 0.25) is 0 Å². The van der Waals surface area contributed by atoms with Gasteiger partial charge >= 0.3 is 37.7 Å². The predicted molar refractivity (Wildman–Crippen MR) is 53.0 cm³/mol. The van der Waals surface area contributed by atoms with E-state index in [2.05, 4.69) is 26.5 Å². The quantitative estimate of drug-likeness (QED) is 0.387. The molecule has 0 aliphatic heterocycles. The third-order valence-electron chi connectivity index (χ3n) is 1.03. The molecule has 4 heteroatoms. The molecule has 0 aliphatic rings. The molecule has 9 heavy (non-hydrogen) atoms. The summed E-state index contributed by atoms with van der Waals surface area (Å²) in [6, 6.07) is 0. The van der Waals surface area contributed by atoms with Crippen LogP contribution >= 0.6 is 24.8 Å². The Balaban J connectivity index is 0. The van der Waals surface area contributed by atoms with Gasteiger partial charge in [0.15, 0.2) is 0 Å². The minimum atomic E-state index is 0. The molecule has 0 spiro atoms. The fourth-order valence-corrected chi connectivity index (χ4v) is 1.04. The van der Waals surface area contributed by atoms with Crippen molar-refractivity contribution in [2.75, 3.05) is 13.1 Å². The predicted octanol–water partition coefficient (Wildman–Crippen LogP) is 0.627. The van der Waals surface area contributed by atoms with Crippen LogP contribution in [0.15, 0.2) is 0 Å². The van der Waals surface area contributed by atoms with Crippen LogP contribution in [0.25, 0.3) is 0 Å². The summed E-state index contributed by atoms with van der Waals surface area (Å²) in [4.78, 5) is 2.01. The van der Waals surface area contributed by atoms with Gasteiger partial charge in [-0.2, -0.15) is 0 Å². The van der Waals surface area contributed by atoms with E-state index in [0.29, 0.717) is 4.32 Å². The van der Waals surface area contributed by atoms with Gasteiger partial charge in [0, 0.05) is 13.1 Å². The maximum atomic E-state index is 4.81. The van der Waals surface area contributed by atoms with E-state index in [1.54, 1.807) is 0 Å². The molecule has 0 aromatic carbocycles. The molecule has 0 aliphatic carbocycles. The van der Waals surface area contributed by atoms with Crippen molar-refractivity contribution in [3.63, 3.8) is 0 Å². The Morgan fingerprint density at radius 3 is 1.78 bits per heavy atom. The number of hydrogen-bond donors (Lipinski definition) is 1. The van der Waals surface area contributed by atoms with Gasteiger partial charge in [-0.25, -0.2) is 0 Å². The van der Waals surface area contributed by atoms with Crippen LogP contribution in [0, 0.1) is 0 Å². The molecule has 0 amide bonds. The molecule has 0 N–H and O–H groups in total. The van der Waals surface area contributed by atoms with E-state index < -0.39 is 0 Å². The van der Waals surface area contributed by atoms with Crippen LogP contribution < -0.4 is 0 Å². The fourth-order valence-electron chi connectivity index (χ4n) is 0.494. The number of thiocarbonyl (C=S) groups is 1. The van der Waals surface area contributed by atoms with Gasteiger partial charge in [0.25, 0.3) is 0 Å². The summed E-state index contributed by atoms with van der Waals surface area (Å²) in [6.45, 7) is 6.04. The summed E-state index contributed by atoms with van der Waals surface area (Å²) in [5.74, 6) is 0. The van der Waals surface area contributed by atoms with Gasteiger partial charge in [0.05, 0.1) is 0 Å². The zero-order chi connectivity index (χ0) is 6.57. The van der Waals surface area contributed by atoms with Gasteiger partial charge in [-0.1, -0.05) is 12.2 Å². The van der Waals surface area contributed by atoms with Crippen molar-refractivity contribution in [3.05, 3.63) is 0 Å². The molecule has 0 rings (SSSR count). The molecule has 0 atom stereocenters. The Morgan fingerprint density at radius 2 is 1.78 bits per heavy atom. The molecule has 0 bridgehead atoms. The minimum absolute atomic E-state index is 0. The normalized spacial score (nSPS) is 7.89. The van der Waals surface area contributed by atoms with Crippen molar-refractivity contribution in [2.24, 2.45) is 0 Å². The van der Waals surface area contributed by atoms with Crippen molar-refractivity contribution in [1.29, 1.82) is 0 Å². The number of hydrogen-bond acceptors (Lipinski definition) is 1. The summed E-state index contributed by atoms with van der Waals surface area (Å²) in [5, 5.41) is 0. The molecule has 0 aromatic heterocycles. The number of nitrogens with zero attached hydrogens (tertiary/aromatic N) is 1. The molecule has 0 saturated carbocycles. The Morgan fingerprint density at radius 1 is 1.44 bits per heavy atom. The van der Waals surface area contributed by atoms with E-state index in [1.807, 2.05) is 4.90 Å². The number of rotatable bonds is 2.